The number of nitro benzene ring substituents is 1. The van der Waals surface area contributed by atoms with Crippen LogP contribution in [0.25, 0.3) is 6.08 Å². The van der Waals surface area contributed by atoms with Gasteiger partial charge in [-0.15, -0.1) is 0 Å². The number of rotatable bonds is 5. The standard InChI is InChI=1S/C28H21ClN4O6/c1-39-21-9-5-4-8-19(21)32-27(35)22-23(28(32)36)25(31-13-12-15-6-2-3-7-17(15)24(22)31)26(34)30-16-10-11-18(29)20(14-16)33(37)38/h2-14,22-25H,1H3,(H,30,34). The van der Waals surface area contributed by atoms with Crippen molar-refractivity contribution in [3.05, 3.63) is 99.2 Å². The summed E-state index contributed by atoms with van der Waals surface area (Å²) in [6.07, 6.45) is 3.57. The van der Waals surface area contributed by atoms with Crippen molar-refractivity contribution in [1.82, 2.24) is 4.90 Å². The van der Waals surface area contributed by atoms with Crippen LogP contribution in [-0.4, -0.2) is 40.7 Å². The van der Waals surface area contributed by atoms with Crippen molar-refractivity contribution >= 4 is 52.5 Å². The molecule has 0 bridgehead atoms. The van der Waals surface area contributed by atoms with Crippen LogP contribution in [0.3, 0.4) is 0 Å². The maximum Gasteiger partial charge on any atom is 0.289 e. The topological polar surface area (TPSA) is 122 Å². The van der Waals surface area contributed by atoms with E-state index in [4.69, 9.17) is 16.3 Å². The highest BCUT2D eigenvalue weighted by Crippen LogP contribution is 2.54. The molecular weight excluding hydrogens is 524 g/mol. The molecule has 196 valence electrons. The number of imide groups is 1. The van der Waals surface area contributed by atoms with Crippen LogP contribution in [0.5, 0.6) is 5.75 Å². The van der Waals surface area contributed by atoms with E-state index in [1.807, 2.05) is 30.3 Å². The quantitative estimate of drug-likeness (QED) is 0.287. The molecule has 2 saturated heterocycles. The molecule has 4 unspecified atom stereocenters. The fraction of sp³-hybridized carbons (Fsp3) is 0.179. The molecule has 0 saturated carbocycles. The van der Waals surface area contributed by atoms with Gasteiger partial charge in [0.2, 0.25) is 17.7 Å². The van der Waals surface area contributed by atoms with Crippen LogP contribution < -0.4 is 15.0 Å². The zero-order valence-corrected chi connectivity index (χ0v) is 21.2. The van der Waals surface area contributed by atoms with Gasteiger partial charge in [0.1, 0.15) is 16.8 Å². The Balaban J connectivity index is 1.44. The Morgan fingerprint density at radius 2 is 1.74 bits per heavy atom. The Kier molecular flexibility index (Phi) is 5.84. The van der Waals surface area contributed by atoms with Crippen LogP contribution in [-0.2, 0) is 14.4 Å². The van der Waals surface area contributed by atoms with Gasteiger partial charge < -0.3 is 15.0 Å². The van der Waals surface area contributed by atoms with Gasteiger partial charge in [-0.2, -0.15) is 0 Å². The van der Waals surface area contributed by atoms with E-state index in [9.17, 15) is 24.5 Å². The summed E-state index contributed by atoms with van der Waals surface area (Å²) in [6, 6.07) is 16.6. The number of ether oxygens (including phenoxy) is 1. The average Bonchev–Trinajstić information content (AvgIpc) is 3.41. The number of carbonyl (C=O) groups is 3. The largest absolute Gasteiger partial charge is 0.495 e. The second kappa shape index (κ2) is 9.25. The number of halogens is 1. The van der Waals surface area contributed by atoms with E-state index in [0.717, 1.165) is 22.1 Å². The molecule has 3 aliphatic rings. The third kappa shape index (κ3) is 3.75. The average molecular weight is 545 g/mol. The molecule has 2 fully saturated rings. The van der Waals surface area contributed by atoms with Crippen LogP contribution in [0.2, 0.25) is 5.02 Å². The summed E-state index contributed by atoms with van der Waals surface area (Å²) in [5.74, 6) is -3.01. The molecule has 6 rings (SSSR count). The number of carbonyl (C=O) groups excluding carboxylic acids is 3. The molecule has 0 spiro atoms. The lowest BCUT2D eigenvalue weighted by atomic mass is 9.84. The number of anilines is 2. The van der Waals surface area contributed by atoms with Gasteiger partial charge in [-0.05, 0) is 41.5 Å². The molecule has 3 heterocycles. The maximum atomic E-state index is 14.0. The SMILES string of the molecule is COc1ccccc1N1C(=O)C2C(C1=O)C1c3ccccc3C=CN1C2C(=O)Nc1ccc(Cl)c([N+](=O)[O-])c1. The van der Waals surface area contributed by atoms with Crippen molar-refractivity contribution in [2.75, 3.05) is 17.3 Å². The van der Waals surface area contributed by atoms with Crippen molar-refractivity contribution < 1.29 is 24.0 Å². The van der Waals surface area contributed by atoms with Crippen molar-refractivity contribution in [1.29, 1.82) is 0 Å². The van der Waals surface area contributed by atoms with Crippen LogP contribution in [0.4, 0.5) is 17.1 Å². The third-order valence-electron chi connectivity index (χ3n) is 7.47. The van der Waals surface area contributed by atoms with Gasteiger partial charge in [-0.3, -0.25) is 24.5 Å². The first-order valence-electron chi connectivity index (χ1n) is 12.1. The number of nitrogens with zero attached hydrogens (tertiary/aromatic N) is 3. The summed E-state index contributed by atoms with van der Waals surface area (Å²) in [4.78, 5) is 55.4. The van der Waals surface area contributed by atoms with E-state index in [0.29, 0.717) is 11.4 Å². The number of methoxy groups -OCH3 is 1. The fourth-order valence-corrected chi connectivity index (χ4v) is 6.04. The van der Waals surface area contributed by atoms with Crippen LogP contribution in [0.1, 0.15) is 17.2 Å². The number of benzene rings is 3. The number of nitrogens with one attached hydrogen (secondary N) is 1. The molecule has 3 aromatic rings. The van der Waals surface area contributed by atoms with Crippen molar-refractivity contribution in [3.8, 4) is 5.75 Å². The Labute approximate surface area is 227 Å². The maximum absolute atomic E-state index is 14.0. The summed E-state index contributed by atoms with van der Waals surface area (Å²) in [5, 5.41) is 14.0. The minimum Gasteiger partial charge on any atom is -0.495 e. The molecule has 10 nitrogen and oxygen atoms in total. The lowest BCUT2D eigenvalue weighted by Crippen LogP contribution is -2.46. The zero-order chi connectivity index (χ0) is 27.4. The minimum atomic E-state index is -1.06. The van der Waals surface area contributed by atoms with Crippen LogP contribution >= 0.6 is 11.6 Å². The van der Waals surface area contributed by atoms with E-state index in [-0.39, 0.29) is 16.4 Å². The molecule has 1 N–H and O–H groups in total. The van der Waals surface area contributed by atoms with E-state index in [2.05, 4.69) is 5.32 Å². The van der Waals surface area contributed by atoms with Gasteiger partial charge in [0.25, 0.3) is 5.69 Å². The molecule has 39 heavy (non-hydrogen) atoms. The van der Waals surface area contributed by atoms with Gasteiger partial charge >= 0.3 is 0 Å². The monoisotopic (exact) mass is 544 g/mol. The molecule has 3 aromatic carbocycles. The highest BCUT2D eigenvalue weighted by atomic mass is 35.5. The normalized spacial score (nSPS) is 22.8. The number of nitro groups is 1. The fourth-order valence-electron chi connectivity index (χ4n) is 5.86. The van der Waals surface area contributed by atoms with Gasteiger partial charge in [-0.1, -0.05) is 48.0 Å². The van der Waals surface area contributed by atoms with Crippen LogP contribution in [0.15, 0.2) is 72.9 Å². The smallest absolute Gasteiger partial charge is 0.289 e. The van der Waals surface area contributed by atoms with Gasteiger partial charge in [0, 0.05) is 18.0 Å². The Hall–Kier alpha value is -4.70. The number of hydrogen-bond donors (Lipinski definition) is 1. The van der Waals surface area contributed by atoms with Gasteiger partial charge in [-0.25, -0.2) is 4.90 Å². The Morgan fingerprint density at radius 3 is 2.51 bits per heavy atom. The lowest BCUT2D eigenvalue weighted by Gasteiger charge is -2.35. The summed E-state index contributed by atoms with van der Waals surface area (Å²) in [5.41, 5.74) is 1.81. The minimum absolute atomic E-state index is 0.0708. The predicted octanol–water partition coefficient (Wildman–Crippen LogP) is 4.41. The molecule has 0 aromatic heterocycles. The highest BCUT2D eigenvalue weighted by Gasteiger charge is 2.65. The third-order valence-corrected chi connectivity index (χ3v) is 7.79. The number of fused-ring (bicyclic) bond motifs is 5. The first-order valence-corrected chi connectivity index (χ1v) is 12.5. The van der Waals surface area contributed by atoms with Gasteiger partial charge in [0.15, 0.2) is 0 Å². The van der Waals surface area contributed by atoms with Crippen molar-refractivity contribution in [2.45, 2.75) is 12.1 Å². The molecule has 11 heteroatoms. The van der Waals surface area contributed by atoms with Crippen molar-refractivity contribution in [3.63, 3.8) is 0 Å². The Bertz CT molecular complexity index is 1590. The van der Waals surface area contributed by atoms with E-state index >= 15 is 0 Å². The zero-order valence-electron chi connectivity index (χ0n) is 20.5. The Morgan fingerprint density at radius 1 is 1.03 bits per heavy atom. The summed E-state index contributed by atoms with van der Waals surface area (Å²) in [7, 11) is 1.45. The molecule has 4 atom stereocenters. The number of hydrogen-bond acceptors (Lipinski definition) is 7. The second-order valence-corrected chi connectivity index (χ2v) is 9.84. The number of amides is 3. The molecule has 0 radical (unpaired) electrons. The molecule has 3 aliphatic heterocycles. The van der Waals surface area contributed by atoms with Crippen molar-refractivity contribution in [2.24, 2.45) is 11.8 Å². The first-order chi connectivity index (χ1) is 18.8. The molecule has 3 amide bonds. The van der Waals surface area contributed by atoms with E-state index < -0.39 is 46.6 Å². The first kappa shape index (κ1) is 24.6. The summed E-state index contributed by atoms with van der Waals surface area (Å²) >= 11 is 5.93. The lowest BCUT2D eigenvalue weighted by molar-refractivity contribution is -0.384. The summed E-state index contributed by atoms with van der Waals surface area (Å²) < 4.78 is 5.42. The van der Waals surface area contributed by atoms with E-state index in [1.54, 1.807) is 35.4 Å². The number of para-hydroxylation sites is 2. The predicted molar refractivity (Wildman–Crippen MR) is 143 cm³/mol. The second-order valence-electron chi connectivity index (χ2n) is 9.43. The molecular formula is C28H21ClN4O6. The van der Waals surface area contributed by atoms with E-state index in [1.165, 1.54) is 19.2 Å². The highest BCUT2D eigenvalue weighted by molar-refractivity contribution is 6.32. The van der Waals surface area contributed by atoms with Gasteiger partial charge in [0.05, 0.1) is 35.6 Å². The summed E-state index contributed by atoms with van der Waals surface area (Å²) in [6.45, 7) is 0. The van der Waals surface area contributed by atoms with Crippen LogP contribution in [0, 0.1) is 22.0 Å². The molecule has 0 aliphatic carbocycles.